The summed E-state index contributed by atoms with van der Waals surface area (Å²) < 4.78 is 50.5. The molecule has 0 saturated heterocycles. The molecule has 8 heteroatoms. The van der Waals surface area contributed by atoms with Gasteiger partial charge in [-0.3, -0.25) is 0 Å². The first kappa shape index (κ1) is 17.1. The van der Waals surface area contributed by atoms with Gasteiger partial charge >= 0.3 is 0 Å². The van der Waals surface area contributed by atoms with Crippen molar-refractivity contribution >= 4 is 20.0 Å². The minimum absolute atomic E-state index is 0.0106. The molecule has 6 nitrogen and oxygen atoms in total. The Kier molecular flexibility index (Phi) is 4.48. The Balaban J connectivity index is 1.87. The number of sulfonamides is 2. The molecule has 0 aromatic heterocycles. The van der Waals surface area contributed by atoms with Crippen molar-refractivity contribution in [2.75, 3.05) is 0 Å². The molecule has 1 saturated carbocycles. The number of hydrogen-bond donors (Lipinski definition) is 2. The van der Waals surface area contributed by atoms with Crippen molar-refractivity contribution in [3.8, 4) is 0 Å². The molecule has 1 atom stereocenters. The molecule has 0 amide bonds. The number of benzene rings is 2. The van der Waals surface area contributed by atoms with E-state index in [0.29, 0.717) is 0 Å². The third kappa shape index (κ3) is 3.84. The zero-order valence-electron chi connectivity index (χ0n) is 12.8. The average molecular weight is 366 g/mol. The van der Waals surface area contributed by atoms with Gasteiger partial charge in [-0.1, -0.05) is 30.3 Å². The van der Waals surface area contributed by atoms with Crippen LogP contribution >= 0.6 is 0 Å². The van der Waals surface area contributed by atoms with Gasteiger partial charge in [0.15, 0.2) is 0 Å². The van der Waals surface area contributed by atoms with Crippen LogP contribution < -0.4 is 9.86 Å². The maximum absolute atomic E-state index is 12.6. The molecular weight excluding hydrogens is 348 g/mol. The molecule has 3 rings (SSSR count). The van der Waals surface area contributed by atoms with Gasteiger partial charge in [0.25, 0.3) is 0 Å². The molecule has 2 aromatic rings. The molecule has 1 aliphatic carbocycles. The minimum atomic E-state index is -3.85. The summed E-state index contributed by atoms with van der Waals surface area (Å²) in [5.74, 6) is 0.283. The molecule has 0 aliphatic heterocycles. The van der Waals surface area contributed by atoms with Gasteiger partial charge in [-0.25, -0.2) is 26.7 Å². The van der Waals surface area contributed by atoms with Crippen LogP contribution in [0.4, 0.5) is 0 Å². The summed E-state index contributed by atoms with van der Waals surface area (Å²) >= 11 is 0. The molecule has 3 N–H and O–H groups in total. The lowest BCUT2D eigenvalue weighted by atomic mass is 10.0. The van der Waals surface area contributed by atoms with Gasteiger partial charge in [0.05, 0.1) is 9.79 Å². The summed E-state index contributed by atoms with van der Waals surface area (Å²) in [6.07, 6.45) is 1.96. The first-order valence-corrected chi connectivity index (χ1v) is 10.5. The van der Waals surface area contributed by atoms with Gasteiger partial charge in [0, 0.05) is 6.04 Å². The molecule has 128 valence electrons. The van der Waals surface area contributed by atoms with E-state index in [4.69, 9.17) is 5.14 Å². The molecule has 0 radical (unpaired) electrons. The fourth-order valence-corrected chi connectivity index (χ4v) is 4.38. The fourth-order valence-electron chi connectivity index (χ4n) is 2.57. The molecule has 1 aliphatic rings. The number of rotatable bonds is 6. The smallest absolute Gasteiger partial charge is 0.225 e. The van der Waals surface area contributed by atoms with Crippen LogP contribution in [-0.4, -0.2) is 16.8 Å². The van der Waals surface area contributed by atoms with Gasteiger partial charge in [-0.05, 0) is 48.6 Å². The lowest BCUT2D eigenvalue weighted by Gasteiger charge is -2.19. The Bertz CT molecular complexity index is 920. The summed E-state index contributed by atoms with van der Waals surface area (Å²) in [7, 11) is -7.61. The lowest BCUT2D eigenvalue weighted by Crippen LogP contribution is -2.30. The van der Waals surface area contributed by atoms with Gasteiger partial charge < -0.3 is 0 Å². The Hall–Kier alpha value is -1.74. The van der Waals surface area contributed by atoms with Crippen LogP contribution in [0.3, 0.4) is 0 Å². The van der Waals surface area contributed by atoms with Crippen molar-refractivity contribution in [2.45, 2.75) is 28.7 Å². The SMILES string of the molecule is NS(=O)(=O)c1ccc(S(=O)(=O)N[C@@H](c2ccccc2)C2CC2)cc1. The van der Waals surface area contributed by atoms with E-state index in [9.17, 15) is 16.8 Å². The maximum atomic E-state index is 12.6. The van der Waals surface area contributed by atoms with E-state index in [1.165, 1.54) is 24.3 Å². The van der Waals surface area contributed by atoms with Crippen LogP contribution in [0.5, 0.6) is 0 Å². The van der Waals surface area contributed by atoms with Crippen LogP contribution in [0, 0.1) is 5.92 Å². The molecule has 1 fully saturated rings. The topological polar surface area (TPSA) is 106 Å². The highest BCUT2D eigenvalue weighted by atomic mass is 32.2. The van der Waals surface area contributed by atoms with Crippen molar-refractivity contribution in [3.05, 3.63) is 60.2 Å². The van der Waals surface area contributed by atoms with Gasteiger partial charge in [0.2, 0.25) is 20.0 Å². The largest absolute Gasteiger partial charge is 0.241 e. The van der Waals surface area contributed by atoms with Crippen molar-refractivity contribution in [1.82, 2.24) is 4.72 Å². The highest BCUT2D eigenvalue weighted by Gasteiger charge is 2.35. The zero-order valence-corrected chi connectivity index (χ0v) is 14.4. The minimum Gasteiger partial charge on any atom is -0.225 e. The van der Waals surface area contributed by atoms with Crippen LogP contribution in [-0.2, 0) is 20.0 Å². The number of hydrogen-bond acceptors (Lipinski definition) is 4. The third-order valence-corrected chi connectivity index (χ3v) is 6.38. The monoisotopic (exact) mass is 366 g/mol. The molecule has 0 unspecified atom stereocenters. The fraction of sp³-hybridized carbons (Fsp3) is 0.250. The highest BCUT2D eigenvalue weighted by Crippen LogP contribution is 2.41. The summed E-state index contributed by atoms with van der Waals surface area (Å²) in [6.45, 7) is 0. The average Bonchev–Trinajstić information content (AvgIpc) is 3.38. The standard InChI is InChI=1S/C16H18N2O4S2/c17-23(19,20)14-8-10-15(11-9-14)24(21,22)18-16(13-6-7-13)12-4-2-1-3-5-12/h1-5,8-11,13,16,18H,6-7H2,(H2,17,19,20)/t16-/m0/s1. The third-order valence-electron chi connectivity index (χ3n) is 4.00. The summed E-state index contributed by atoms with van der Waals surface area (Å²) in [6, 6.07) is 14.0. The van der Waals surface area contributed by atoms with Crippen LogP contribution in [0.1, 0.15) is 24.4 Å². The van der Waals surface area contributed by atoms with Crippen LogP contribution in [0.2, 0.25) is 0 Å². The molecule has 24 heavy (non-hydrogen) atoms. The Morgan fingerprint density at radius 1 is 0.875 bits per heavy atom. The van der Waals surface area contributed by atoms with Crippen molar-refractivity contribution in [1.29, 1.82) is 0 Å². The molecule has 0 heterocycles. The highest BCUT2D eigenvalue weighted by molar-refractivity contribution is 7.89. The molecular formula is C16H18N2O4S2. The van der Waals surface area contributed by atoms with Gasteiger partial charge in [-0.15, -0.1) is 0 Å². The van der Waals surface area contributed by atoms with Gasteiger partial charge in [-0.2, -0.15) is 0 Å². The van der Waals surface area contributed by atoms with Crippen molar-refractivity contribution < 1.29 is 16.8 Å². The van der Waals surface area contributed by atoms with Crippen molar-refractivity contribution in [3.63, 3.8) is 0 Å². The van der Waals surface area contributed by atoms with E-state index >= 15 is 0 Å². The lowest BCUT2D eigenvalue weighted by molar-refractivity contribution is 0.529. The van der Waals surface area contributed by atoms with Gasteiger partial charge in [0.1, 0.15) is 0 Å². The zero-order chi connectivity index (χ0) is 17.4. The summed E-state index contributed by atoms with van der Waals surface area (Å²) in [5, 5.41) is 5.03. The van der Waals surface area contributed by atoms with E-state index in [0.717, 1.165) is 18.4 Å². The van der Waals surface area contributed by atoms with Crippen molar-refractivity contribution in [2.24, 2.45) is 11.1 Å². The van der Waals surface area contributed by atoms with E-state index in [1.54, 1.807) is 0 Å². The molecule has 0 spiro atoms. The normalized spacial score (nSPS) is 16.7. The quantitative estimate of drug-likeness (QED) is 0.812. The molecule has 0 bridgehead atoms. The second-order valence-electron chi connectivity index (χ2n) is 5.86. The van der Waals surface area contributed by atoms with E-state index in [1.807, 2.05) is 30.3 Å². The second kappa shape index (κ2) is 6.29. The van der Waals surface area contributed by atoms with E-state index < -0.39 is 20.0 Å². The number of primary sulfonamides is 1. The number of nitrogens with one attached hydrogen (secondary N) is 1. The summed E-state index contributed by atoms with van der Waals surface area (Å²) in [5.41, 5.74) is 0.921. The Morgan fingerprint density at radius 3 is 1.92 bits per heavy atom. The second-order valence-corrected chi connectivity index (χ2v) is 9.14. The first-order chi connectivity index (χ1) is 11.3. The maximum Gasteiger partial charge on any atom is 0.241 e. The predicted octanol–water partition coefficient (Wildman–Crippen LogP) is 1.76. The van der Waals surface area contributed by atoms with Crippen LogP contribution in [0.15, 0.2) is 64.4 Å². The first-order valence-electron chi connectivity index (χ1n) is 7.47. The van der Waals surface area contributed by atoms with Crippen LogP contribution in [0.25, 0.3) is 0 Å². The van der Waals surface area contributed by atoms with E-state index in [2.05, 4.69) is 4.72 Å². The Morgan fingerprint density at radius 2 is 1.42 bits per heavy atom. The Labute approximate surface area is 141 Å². The number of nitrogens with two attached hydrogens (primary N) is 1. The predicted molar refractivity (Wildman–Crippen MR) is 90.0 cm³/mol. The molecule has 2 aromatic carbocycles. The van der Waals surface area contributed by atoms with E-state index in [-0.39, 0.29) is 21.8 Å². The summed E-state index contributed by atoms with van der Waals surface area (Å²) in [4.78, 5) is -0.111.